The molecule has 200 valence electrons. The fraction of sp³-hybridized carbons (Fsp3) is 0.308. The Morgan fingerprint density at radius 2 is 1.81 bits per heavy atom. The van der Waals surface area contributed by atoms with Crippen LogP contribution >= 0.6 is 0 Å². The Bertz CT molecular complexity index is 1460. The van der Waals surface area contributed by atoms with Crippen molar-refractivity contribution in [2.24, 2.45) is 5.92 Å². The second-order valence-electron chi connectivity index (χ2n) is 9.79. The summed E-state index contributed by atoms with van der Waals surface area (Å²) in [5.74, 6) is 0.132. The number of hydrogen-bond donors (Lipinski definition) is 3. The van der Waals surface area contributed by atoms with Gasteiger partial charge < -0.3 is 15.5 Å². The molecule has 0 bridgehead atoms. The summed E-state index contributed by atoms with van der Waals surface area (Å²) < 4.78 is 28.4. The average Bonchev–Trinajstić information content (AvgIpc) is 3.10. The van der Waals surface area contributed by atoms with Crippen LogP contribution in [0, 0.1) is 5.92 Å². The van der Waals surface area contributed by atoms with Crippen molar-refractivity contribution in [2.75, 3.05) is 22.1 Å². The molecular weight excluding hydrogens is 492 g/mol. The number of sulfonamides is 1. The number of hydrogen-bond acceptors (Lipinski definition) is 8. The summed E-state index contributed by atoms with van der Waals surface area (Å²) in [6.07, 6.45) is 2.53. The quantitative estimate of drug-likeness (QED) is 0.403. The van der Waals surface area contributed by atoms with Gasteiger partial charge in [-0.3, -0.25) is 9.59 Å². The maximum atomic E-state index is 13.2. The fourth-order valence-corrected chi connectivity index (χ4v) is 5.57. The lowest BCUT2D eigenvalue weighted by Gasteiger charge is -2.33. The van der Waals surface area contributed by atoms with Gasteiger partial charge >= 0.3 is 0 Å². The Morgan fingerprint density at radius 1 is 1.08 bits per heavy atom. The molecule has 1 unspecified atom stereocenters. The smallest absolute Gasteiger partial charge is 0.281 e. The van der Waals surface area contributed by atoms with Crippen LogP contribution in [0.15, 0.2) is 65.8 Å². The van der Waals surface area contributed by atoms with Gasteiger partial charge in [-0.05, 0) is 68.7 Å². The zero-order valence-corrected chi connectivity index (χ0v) is 22.0. The summed E-state index contributed by atoms with van der Waals surface area (Å²) in [7, 11) is -4.28. The van der Waals surface area contributed by atoms with Gasteiger partial charge in [0.15, 0.2) is 5.03 Å². The number of nitrogens with zero attached hydrogens (tertiary/aromatic N) is 3. The molecule has 11 heteroatoms. The fourth-order valence-electron chi connectivity index (χ4n) is 4.64. The number of carbonyl (C=O) groups is 2. The van der Waals surface area contributed by atoms with Gasteiger partial charge in [0.1, 0.15) is 11.6 Å². The summed E-state index contributed by atoms with van der Waals surface area (Å²) >= 11 is 0. The van der Waals surface area contributed by atoms with E-state index in [9.17, 15) is 18.0 Å². The first-order valence-corrected chi connectivity index (χ1v) is 13.3. The largest absolute Gasteiger partial charge is 0.351 e. The van der Waals surface area contributed by atoms with Crippen LogP contribution in [-0.2, 0) is 14.8 Å². The summed E-state index contributed by atoms with van der Waals surface area (Å²) in [5, 5.41) is 5.39. The van der Waals surface area contributed by atoms with E-state index < -0.39 is 15.9 Å². The molecular formula is C26H36N6O4S. The van der Waals surface area contributed by atoms with Crippen LogP contribution in [0.3, 0.4) is 0 Å². The number of amides is 2. The van der Waals surface area contributed by atoms with E-state index in [1.54, 1.807) is 48.7 Å². The highest BCUT2D eigenvalue weighted by Crippen LogP contribution is 2.37. The topological polar surface area (TPSA) is 133 Å². The Hall–Kier alpha value is -3.99. The molecule has 3 aromatic rings. The van der Waals surface area contributed by atoms with Gasteiger partial charge in [0.25, 0.3) is 15.9 Å². The summed E-state index contributed by atoms with van der Waals surface area (Å²) in [5.41, 5.74) is 1.13. The van der Waals surface area contributed by atoms with Crippen molar-refractivity contribution in [3.8, 4) is 0 Å². The van der Waals surface area contributed by atoms with Gasteiger partial charge in [0.05, 0.1) is 5.56 Å². The molecule has 0 aliphatic carbocycles. The zero-order chi connectivity index (χ0) is 26.8. The Balaban J connectivity index is 0.00000267. The van der Waals surface area contributed by atoms with E-state index in [4.69, 9.17) is 0 Å². The zero-order valence-electron chi connectivity index (χ0n) is 21.1. The Labute approximate surface area is 221 Å². The molecule has 37 heavy (non-hydrogen) atoms. The highest BCUT2D eigenvalue weighted by molar-refractivity contribution is 7.90. The van der Waals surface area contributed by atoms with Crippen LogP contribution in [0.25, 0.3) is 0 Å². The Morgan fingerprint density at radius 3 is 2.51 bits per heavy atom. The van der Waals surface area contributed by atoms with Crippen LogP contribution in [0.4, 0.5) is 23.0 Å². The Kier molecular flexibility index (Phi) is 7.17. The van der Waals surface area contributed by atoms with Crippen LogP contribution in [0.1, 0.15) is 48.8 Å². The molecule has 2 amide bonds. The average molecular weight is 529 g/mol. The van der Waals surface area contributed by atoms with Crippen molar-refractivity contribution in [1.82, 2.24) is 14.7 Å². The monoisotopic (exact) mass is 528 g/mol. The first-order chi connectivity index (χ1) is 17.4. The third-order valence-corrected chi connectivity index (χ3v) is 7.27. The molecule has 1 atom stereocenters. The van der Waals surface area contributed by atoms with Crippen LogP contribution in [0.5, 0.6) is 0 Å². The van der Waals surface area contributed by atoms with Crippen molar-refractivity contribution in [3.05, 3.63) is 66.4 Å². The van der Waals surface area contributed by atoms with Crippen molar-refractivity contribution < 1.29 is 22.3 Å². The molecule has 0 spiro atoms. The van der Waals surface area contributed by atoms with E-state index in [1.165, 1.54) is 19.1 Å². The van der Waals surface area contributed by atoms with Crippen LogP contribution < -0.4 is 20.3 Å². The lowest BCUT2D eigenvalue weighted by Crippen LogP contribution is -2.41. The third kappa shape index (κ3) is 6.05. The van der Waals surface area contributed by atoms with Crippen molar-refractivity contribution >= 4 is 44.8 Å². The number of aromatic nitrogens is 2. The molecule has 1 aliphatic heterocycles. The van der Waals surface area contributed by atoms with Gasteiger partial charge in [-0.25, -0.2) is 14.7 Å². The second kappa shape index (κ2) is 10.2. The molecule has 2 aromatic heterocycles. The number of benzene rings is 1. The van der Waals surface area contributed by atoms with Gasteiger partial charge in [0.2, 0.25) is 5.91 Å². The predicted molar refractivity (Wildman–Crippen MR) is 149 cm³/mol. The van der Waals surface area contributed by atoms with E-state index in [2.05, 4.69) is 51.0 Å². The summed E-state index contributed by atoms with van der Waals surface area (Å²) in [6, 6.07) is 14.5. The van der Waals surface area contributed by atoms with Gasteiger partial charge in [0, 0.05) is 40.9 Å². The second-order valence-corrected chi connectivity index (χ2v) is 11.4. The van der Waals surface area contributed by atoms with Crippen LogP contribution in [-0.4, -0.2) is 42.3 Å². The van der Waals surface area contributed by atoms with Gasteiger partial charge in [-0.1, -0.05) is 19.1 Å². The van der Waals surface area contributed by atoms with Crippen LogP contribution in [0.2, 0.25) is 0 Å². The van der Waals surface area contributed by atoms with E-state index in [0.29, 0.717) is 23.1 Å². The van der Waals surface area contributed by atoms with Crippen molar-refractivity contribution in [3.63, 3.8) is 0 Å². The van der Waals surface area contributed by atoms with E-state index in [-0.39, 0.29) is 32.1 Å². The summed E-state index contributed by atoms with van der Waals surface area (Å²) in [4.78, 5) is 35.1. The molecule has 1 aliphatic rings. The van der Waals surface area contributed by atoms with E-state index in [1.807, 2.05) is 0 Å². The first kappa shape index (κ1) is 26.1. The van der Waals surface area contributed by atoms with E-state index in [0.717, 1.165) is 13.0 Å². The predicted octanol–water partition coefficient (Wildman–Crippen LogP) is 4.66. The number of carbonyl (C=O) groups excluding carboxylic acids is 2. The lowest BCUT2D eigenvalue weighted by atomic mass is 9.97. The SMILES string of the molecule is CC(=O)Nc1cccc(Nc2cccc(S(=O)(=O)NC(=O)c3cccnc3N3CC(C)CC3(C)C)n2)c1.[HH].[HH].[HH]. The molecule has 1 saturated heterocycles. The van der Waals surface area contributed by atoms with Crippen molar-refractivity contribution in [2.45, 2.75) is 44.7 Å². The number of pyridine rings is 2. The standard InChI is InChI=1S/C26H30N6O4S.3H2/c1-17-15-26(3,4)32(16-17)24-21(10-7-13-27-24)25(34)31-37(35,36)23-12-6-11-22(30-23)29-20-9-5-8-19(14-20)28-18(2)33;;;/h5-14,17H,15-16H2,1-4H3,(H,28,33)(H,29,30)(H,31,34);3*1H. The first-order valence-electron chi connectivity index (χ1n) is 11.9. The lowest BCUT2D eigenvalue weighted by molar-refractivity contribution is -0.114. The molecule has 3 N–H and O–H groups in total. The normalized spacial score (nSPS) is 16.8. The molecule has 0 saturated carbocycles. The molecule has 0 radical (unpaired) electrons. The molecule has 4 rings (SSSR count). The minimum atomic E-state index is -4.28. The minimum Gasteiger partial charge on any atom is -0.351 e. The highest BCUT2D eigenvalue weighted by Gasteiger charge is 2.39. The summed E-state index contributed by atoms with van der Waals surface area (Å²) in [6.45, 7) is 8.42. The number of nitrogens with one attached hydrogen (secondary N) is 3. The highest BCUT2D eigenvalue weighted by atomic mass is 32.2. The molecule has 10 nitrogen and oxygen atoms in total. The maximum absolute atomic E-state index is 13.2. The van der Waals surface area contributed by atoms with Gasteiger partial charge in [-0.15, -0.1) is 0 Å². The van der Waals surface area contributed by atoms with Crippen molar-refractivity contribution in [1.29, 1.82) is 0 Å². The number of anilines is 4. The number of rotatable bonds is 7. The maximum Gasteiger partial charge on any atom is 0.281 e. The van der Waals surface area contributed by atoms with E-state index >= 15 is 0 Å². The van der Waals surface area contributed by atoms with Gasteiger partial charge in [-0.2, -0.15) is 8.42 Å². The molecule has 3 heterocycles. The minimum absolute atomic E-state index is 0. The molecule has 1 aromatic carbocycles. The third-order valence-electron chi connectivity index (χ3n) is 6.04. The molecule has 1 fully saturated rings.